The number of rotatable bonds is 5. The summed E-state index contributed by atoms with van der Waals surface area (Å²) in [6.45, 7) is 3.33. The highest BCUT2D eigenvalue weighted by molar-refractivity contribution is 5.30. The van der Waals surface area contributed by atoms with Crippen LogP contribution in [0.2, 0.25) is 0 Å². The van der Waals surface area contributed by atoms with Gasteiger partial charge in [0.1, 0.15) is 0 Å². The first-order valence-electron chi connectivity index (χ1n) is 7.58. The van der Waals surface area contributed by atoms with Crippen LogP contribution in [0.1, 0.15) is 49.8 Å². The lowest BCUT2D eigenvalue weighted by Crippen LogP contribution is -2.41. The van der Waals surface area contributed by atoms with Crippen LogP contribution in [-0.2, 0) is 11.3 Å². The predicted octanol–water partition coefficient (Wildman–Crippen LogP) is 3.02. The van der Waals surface area contributed by atoms with Crippen LogP contribution in [-0.4, -0.2) is 18.8 Å². The summed E-state index contributed by atoms with van der Waals surface area (Å²) in [6, 6.07) is 8.01. The maximum Gasteiger partial charge on any atom is 0.0861 e. The summed E-state index contributed by atoms with van der Waals surface area (Å²) in [5.74, 6) is 0.636. The van der Waals surface area contributed by atoms with Gasteiger partial charge < -0.3 is 15.6 Å². The Labute approximate surface area is 122 Å². The minimum atomic E-state index is -0.499. The van der Waals surface area contributed by atoms with Crippen LogP contribution in [0.5, 0.6) is 0 Å². The van der Waals surface area contributed by atoms with Gasteiger partial charge in [-0.3, -0.25) is 0 Å². The van der Waals surface area contributed by atoms with Crippen LogP contribution in [0.25, 0.3) is 0 Å². The van der Waals surface area contributed by atoms with E-state index in [1.807, 2.05) is 24.3 Å². The van der Waals surface area contributed by atoms with Gasteiger partial charge in [-0.2, -0.15) is 0 Å². The third kappa shape index (κ3) is 3.05. The molecule has 112 valence electrons. The maximum absolute atomic E-state index is 11.0. The van der Waals surface area contributed by atoms with Gasteiger partial charge in [0.25, 0.3) is 0 Å². The molecule has 0 spiro atoms. The molecule has 20 heavy (non-hydrogen) atoms. The summed E-state index contributed by atoms with van der Waals surface area (Å²) in [6.07, 6.45) is 3.92. The lowest BCUT2D eigenvalue weighted by Gasteiger charge is -2.43. The lowest BCUT2D eigenvalue weighted by atomic mass is 9.65. The van der Waals surface area contributed by atoms with Crippen molar-refractivity contribution in [1.82, 2.24) is 0 Å². The van der Waals surface area contributed by atoms with Crippen molar-refractivity contribution >= 4 is 0 Å². The zero-order valence-corrected chi connectivity index (χ0v) is 12.6. The Balaban J connectivity index is 2.30. The van der Waals surface area contributed by atoms with Gasteiger partial charge >= 0.3 is 0 Å². The number of aliphatic hydroxyl groups is 1. The molecule has 0 bridgehead atoms. The first-order valence-corrected chi connectivity index (χ1v) is 7.58. The quantitative estimate of drug-likeness (QED) is 0.870. The van der Waals surface area contributed by atoms with E-state index in [-0.39, 0.29) is 5.41 Å². The largest absolute Gasteiger partial charge is 0.388 e. The highest BCUT2D eigenvalue weighted by Crippen LogP contribution is 2.47. The molecule has 3 unspecified atom stereocenters. The van der Waals surface area contributed by atoms with E-state index >= 15 is 0 Å². The van der Waals surface area contributed by atoms with E-state index in [2.05, 4.69) is 6.92 Å². The van der Waals surface area contributed by atoms with Gasteiger partial charge in [-0.15, -0.1) is 0 Å². The van der Waals surface area contributed by atoms with E-state index in [9.17, 15) is 5.11 Å². The Bertz CT molecular complexity index is 435. The molecule has 3 atom stereocenters. The highest BCUT2D eigenvalue weighted by Gasteiger charge is 2.41. The Morgan fingerprint density at radius 1 is 1.45 bits per heavy atom. The van der Waals surface area contributed by atoms with E-state index < -0.39 is 6.10 Å². The Morgan fingerprint density at radius 2 is 2.20 bits per heavy atom. The van der Waals surface area contributed by atoms with Crippen LogP contribution in [0, 0.1) is 11.3 Å². The minimum absolute atomic E-state index is 0.179. The molecule has 0 amide bonds. The van der Waals surface area contributed by atoms with E-state index in [1.165, 1.54) is 6.42 Å². The number of nitrogens with two attached hydrogens (primary N) is 1. The fourth-order valence-corrected chi connectivity index (χ4v) is 3.66. The maximum atomic E-state index is 11.0. The smallest absolute Gasteiger partial charge is 0.0861 e. The molecule has 1 saturated carbocycles. The van der Waals surface area contributed by atoms with Crippen molar-refractivity contribution in [2.75, 3.05) is 13.7 Å². The van der Waals surface area contributed by atoms with Crippen molar-refractivity contribution in [3.05, 3.63) is 35.4 Å². The van der Waals surface area contributed by atoms with E-state index in [4.69, 9.17) is 10.5 Å². The monoisotopic (exact) mass is 277 g/mol. The molecule has 0 heterocycles. The second-order valence-corrected chi connectivity index (χ2v) is 6.30. The molecule has 3 nitrogen and oxygen atoms in total. The lowest BCUT2D eigenvalue weighted by molar-refractivity contribution is -0.0143. The van der Waals surface area contributed by atoms with Crippen LogP contribution >= 0.6 is 0 Å². The van der Waals surface area contributed by atoms with Gasteiger partial charge in [0.15, 0.2) is 0 Å². The Kier molecular flexibility index (Phi) is 5.19. The Hall–Kier alpha value is -0.900. The molecule has 0 aliphatic heterocycles. The number of benzene rings is 1. The zero-order valence-electron chi connectivity index (χ0n) is 12.6. The highest BCUT2D eigenvalue weighted by atomic mass is 16.5. The molecular formula is C17H27NO2. The van der Waals surface area contributed by atoms with E-state index in [0.717, 1.165) is 30.4 Å². The van der Waals surface area contributed by atoms with Crippen molar-refractivity contribution < 1.29 is 9.84 Å². The summed E-state index contributed by atoms with van der Waals surface area (Å²) in [5.41, 5.74) is 7.94. The Morgan fingerprint density at radius 3 is 2.85 bits per heavy atom. The molecule has 1 aliphatic rings. The van der Waals surface area contributed by atoms with E-state index in [0.29, 0.717) is 19.1 Å². The average Bonchev–Trinajstić information content (AvgIpc) is 2.47. The predicted molar refractivity (Wildman–Crippen MR) is 81.2 cm³/mol. The number of hydrogen-bond acceptors (Lipinski definition) is 3. The van der Waals surface area contributed by atoms with Crippen LogP contribution in [0.3, 0.4) is 0 Å². The van der Waals surface area contributed by atoms with Gasteiger partial charge in [-0.1, -0.05) is 44.0 Å². The first kappa shape index (κ1) is 15.5. The topological polar surface area (TPSA) is 55.5 Å². The summed E-state index contributed by atoms with van der Waals surface area (Å²) in [5, 5.41) is 11.0. The molecule has 3 heteroatoms. The molecule has 1 aliphatic carbocycles. The van der Waals surface area contributed by atoms with Crippen molar-refractivity contribution in [1.29, 1.82) is 0 Å². The van der Waals surface area contributed by atoms with Crippen molar-refractivity contribution in [3.8, 4) is 0 Å². The van der Waals surface area contributed by atoms with Crippen molar-refractivity contribution in [3.63, 3.8) is 0 Å². The molecule has 0 radical (unpaired) electrons. The SMILES string of the molecule is COCc1ccccc1C(O)C1(CN)CCCC(C)C1. The van der Waals surface area contributed by atoms with Gasteiger partial charge in [-0.25, -0.2) is 0 Å². The van der Waals surface area contributed by atoms with E-state index in [1.54, 1.807) is 7.11 Å². The first-order chi connectivity index (χ1) is 9.63. The summed E-state index contributed by atoms with van der Waals surface area (Å²) in [7, 11) is 1.69. The number of hydrogen-bond donors (Lipinski definition) is 2. The van der Waals surface area contributed by atoms with Crippen LogP contribution in [0.15, 0.2) is 24.3 Å². The molecule has 1 fully saturated rings. The zero-order chi connectivity index (χ0) is 14.6. The van der Waals surface area contributed by atoms with Gasteiger partial charge in [0.05, 0.1) is 12.7 Å². The summed E-state index contributed by atoms with van der Waals surface area (Å²) in [4.78, 5) is 0. The fourth-order valence-electron chi connectivity index (χ4n) is 3.66. The minimum Gasteiger partial charge on any atom is -0.388 e. The van der Waals surface area contributed by atoms with Crippen molar-refractivity contribution in [2.24, 2.45) is 17.1 Å². The second-order valence-electron chi connectivity index (χ2n) is 6.30. The number of ether oxygens (including phenoxy) is 1. The standard InChI is InChI=1S/C17H27NO2/c1-13-6-5-9-17(10-13,12-18)16(19)15-8-4-3-7-14(15)11-20-2/h3-4,7-8,13,16,19H,5-6,9-12,18H2,1-2H3. The molecule has 1 aromatic carbocycles. The molecule has 0 aromatic heterocycles. The third-order valence-electron chi connectivity index (χ3n) is 4.76. The summed E-state index contributed by atoms with van der Waals surface area (Å²) < 4.78 is 5.25. The van der Waals surface area contributed by atoms with Gasteiger partial charge in [-0.05, 0) is 29.9 Å². The third-order valence-corrected chi connectivity index (χ3v) is 4.76. The molecule has 1 aromatic rings. The van der Waals surface area contributed by atoms with Crippen LogP contribution < -0.4 is 5.73 Å². The van der Waals surface area contributed by atoms with Crippen molar-refractivity contribution in [2.45, 2.75) is 45.3 Å². The second kappa shape index (κ2) is 6.70. The van der Waals surface area contributed by atoms with Crippen LogP contribution in [0.4, 0.5) is 0 Å². The fraction of sp³-hybridized carbons (Fsp3) is 0.647. The normalized spacial score (nSPS) is 28.3. The number of aliphatic hydroxyl groups excluding tert-OH is 1. The molecule has 2 rings (SSSR count). The van der Waals surface area contributed by atoms with Gasteiger partial charge in [0, 0.05) is 19.1 Å². The number of methoxy groups -OCH3 is 1. The molecule has 3 N–H and O–H groups in total. The average molecular weight is 277 g/mol. The summed E-state index contributed by atoms with van der Waals surface area (Å²) >= 11 is 0. The van der Waals surface area contributed by atoms with Gasteiger partial charge in [0.2, 0.25) is 0 Å². The molecule has 0 saturated heterocycles. The molecular weight excluding hydrogens is 250 g/mol.